The highest BCUT2D eigenvalue weighted by molar-refractivity contribution is 6.76. The van der Waals surface area contributed by atoms with Crippen LogP contribution in [0.15, 0.2) is 30.5 Å². The molecule has 0 saturated carbocycles. The third-order valence-corrected chi connectivity index (χ3v) is 9.97. The van der Waals surface area contributed by atoms with Gasteiger partial charge >= 0.3 is 0 Å². The van der Waals surface area contributed by atoms with Gasteiger partial charge in [0, 0.05) is 40.5 Å². The first-order chi connectivity index (χ1) is 19.6. The van der Waals surface area contributed by atoms with Crippen molar-refractivity contribution in [3.63, 3.8) is 0 Å². The summed E-state index contributed by atoms with van der Waals surface area (Å²) in [6.07, 6.45) is 1.32. The molecule has 0 unspecified atom stereocenters. The van der Waals surface area contributed by atoms with Gasteiger partial charge in [-0.15, -0.1) is 0 Å². The molecule has 0 aliphatic carbocycles. The lowest BCUT2D eigenvalue weighted by Gasteiger charge is -2.19. The Morgan fingerprint density at radius 2 is 1.64 bits per heavy atom. The largest absolute Gasteiger partial charge is 0.396 e. The van der Waals surface area contributed by atoms with E-state index in [0.29, 0.717) is 13.2 Å². The van der Waals surface area contributed by atoms with Gasteiger partial charge in [-0.1, -0.05) is 45.3 Å². The first-order valence-electron chi connectivity index (χ1n) is 13.6. The molecule has 0 bridgehead atoms. The Labute approximate surface area is 247 Å². The molecule has 226 valence electrons. The fourth-order valence-electron chi connectivity index (χ4n) is 3.99. The van der Waals surface area contributed by atoms with Crippen molar-refractivity contribution in [2.24, 2.45) is 0 Å². The van der Waals surface area contributed by atoms with Crippen LogP contribution in [0.2, 0.25) is 51.4 Å². The number of nitriles is 1. The second-order valence-corrected chi connectivity index (χ2v) is 23.7. The molecule has 13 heteroatoms. The van der Waals surface area contributed by atoms with E-state index in [4.69, 9.17) is 20.6 Å². The second-order valence-electron chi connectivity index (χ2n) is 12.4. The molecule has 3 rings (SSSR count). The van der Waals surface area contributed by atoms with Crippen molar-refractivity contribution in [2.75, 3.05) is 31.0 Å². The molecule has 1 heterocycles. The molecule has 0 spiro atoms. The minimum Gasteiger partial charge on any atom is -0.396 e. The molecule has 4 N–H and O–H groups in total. The number of nitrogens with zero attached hydrogens (tertiary/aromatic N) is 3. The van der Waals surface area contributed by atoms with E-state index in [0.717, 1.165) is 24.2 Å². The van der Waals surface area contributed by atoms with Crippen LogP contribution in [0.5, 0.6) is 0 Å². The summed E-state index contributed by atoms with van der Waals surface area (Å²) in [7, 11) is -2.73. The Balaban J connectivity index is 2.02. The Kier molecular flexibility index (Phi) is 10.8. The van der Waals surface area contributed by atoms with Crippen molar-refractivity contribution in [3.8, 4) is 17.2 Å². The van der Waals surface area contributed by atoms with Crippen molar-refractivity contribution in [1.82, 2.24) is 9.55 Å². The summed E-state index contributed by atoms with van der Waals surface area (Å²) >= 11 is 0. The summed E-state index contributed by atoms with van der Waals surface area (Å²) in [5, 5.41) is 21.5. The van der Waals surface area contributed by atoms with Crippen LogP contribution in [0, 0.1) is 34.2 Å². The summed E-state index contributed by atoms with van der Waals surface area (Å²) in [6.45, 7) is 14.1. The summed E-state index contributed by atoms with van der Waals surface area (Å²) in [5.41, 5.74) is 4.17. The van der Waals surface area contributed by atoms with Gasteiger partial charge in [-0.3, -0.25) is 9.98 Å². The monoisotopic (exact) mass is 616 g/mol. The first kappa shape index (κ1) is 33.1. The molecule has 1 aromatic heterocycles. The normalized spacial score (nSPS) is 11.9. The van der Waals surface area contributed by atoms with Gasteiger partial charge in [0.1, 0.15) is 36.8 Å². The maximum Gasteiger partial charge on any atom is 0.161 e. The Morgan fingerprint density at radius 1 is 1.00 bits per heavy atom. The number of hydrogen-bond donors (Lipinski definition) is 3. The SMILES string of the molecule is C[Si](C)(C)CCOCNc1c(C(=N)c2ncc(C#N)n2COCC[Si](C)(C)C)ccc(-c2c(F)ccc(N)c2F)c1F. The number of rotatable bonds is 14. The molecule has 0 aliphatic heterocycles. The fourth-order valence-corrected chi connectivity index (χ4v) is 5.50. The average molecular weight is 617 g/mol. The maximum absolute atomic E-state index is 16.1. The highest BCUT2D eigenvalue weighted by Gasteiger charge is 2.25. The van der Waals surface area contributed by atoms with Crippen LogP contribution in [-0.2, 0) is 16.2 Å². The summed E-state index contributed by atoms with van der Waals surface area (Å²) in [6, 6.07) is 8.45. The van der Waals surface area contributed by atoms with Crippen LogP contribution in [0.1, 0.15) is 17.1 Å². The smallest absolute Gasteiger partial charge is 0.161 e. The molecular formula is C29H39F3N6O2Si2. The first-order valence-corrected chi connectivity index (χ1v) is 21.1. The molecule has 42 heavy (non-hydrogen) atoms. The zero-order valence-corrected chi connectivity index (χ0v) is 27.0. The van der Waals surface area contributed by atoms with Gasteiger partial charge in [0.15, 0.2) is 17.5 Å². The molecular weight excluding hydrogens is 578 g/mol. The van der Waals surface area contributed by atoms with E-state index >= 15 is 4.39 Å². The summed E-state index contributed by atoms with van der Waals surface area (Å²) < 4.78 is 58.7. The topological polar surface area (TPSA) is 122 Å². The highest BCUT2D eigenvalue weighted by Crippen LogP contribution is 2.36. The Morgan fingerprint density at radius 3 is 2.26 bits per heavy atom. The van der Waals surface area contributed by atoms with Gasteiger partial charge in [0.2, 0.25) is 0 Å². The molecule has 3 aromatic rings. The van der Waals surface area contributed by atoms with Gasteiger partial charge in [-0.2, -0.15) is 5.26 Å². The van der Waals surface area contributed by atoms with Gasteiger partial charge < -0.3 is 20.5 Å². The lowest BCUT2D eigenvalue weighted by atomic mass is 9.97. The van der Waals surface area contributed by atoms with Crippen molar-refractivity contribution in [2.45, 2.75) is 58.1 Å². The molecule has 2 aromatic carbocycles. The van der Waals surface area contributed by atoms with E-state index in [2.05, 4.69) is 49.6 Å². The number of hydrogen-bond acceptors (Lipinski definition) is 7. The van der Waals surface area contributed by atoms with E-state index < -0.39 is 39.2 Å². The van der Waals surface area contributed by atoms with Gasteiger partial charge in [0.05, 0.1) is 23.1 Å². The van der Waals surface area contributed by atoms with E-state index in [-0.39, 0.29) is 53.2 Å². The van der Waals surface area contributed by atoms with E-state index in [9.17, 15) is 14.0 Å². The highest BCUT2D eigenvalue weighted by atomic mass is 28.3. The number of ether oxygens (including phenoxy) is 2. The zero-order valence-electron chi connectivity index (χ0n) is 25.0. The Bertz CT molecular complexity index is 1480. The molecule has 0 radical (unpaired) electrons. The summed E-state index contributed by atoms with van der Waals surface area (Å²) in [4.78, 5) is 4.25. The second kappa shape index (κ2) is 13.7. The standard InChI is InChI=1S/C29H39F3N6O2Si2/c1-41(2,3)13-11-39-17-37-28-21(8-7-20(25(28)31)24-22(30)9-10-23(34)26(24)32)27(35)29-36-16-19(15-33)38(29)18-40-12-14-42(4,5)6/h7-10,16,35,37H,11-14,17-18,34H2,1-6H3. The number of aromatic nitrogens is 2. The van der Waals surface area contributed by atoms with Crippen LogP contribution >= 0.6 is 0 Å². The minimum atomic E-state index is -1.38. The minimum absolute atomic E-state index is 0.0199. The van der Waals surface area contributed by atoms with E-state index in [1.165, 1.54) is 22.9 Å². The fraction of sp³-hybridized carbons (Fsp3) is 0.414. The van der Waals surface area contributed by atoms with Crippen LogP contribution < -0.4 is 11.1 Å². The molecule has 0 saturated heterocycles. The van der Waals surface area contributed by atoms with E-state index in [1.807, 2.05) is 6.07 Å². The zero-order chi connectivity index (χ0) is 31.2. The number of nitrogens with two attached hydrogens (primary N) is 1. The number of nitrogen functional groups attached to an aromatic ring is 1. The van der Waals surface area contributed by atoms with Crippen molar-refractivity contribution in [3.05, 3.63) is 65.0 Å². The quantitative estimate of drug-likeness (QED) is 0.0597. The Hall–Kier alpha value is -3.45. The number of nitrogens with one attached hydrogen (secondary N) is 2. The molecule has 8 nitrogen and oxygen atoms in total. The van der Waals surface area contributed by atoms with Gasteiger partial charge in [-0.05, 0) is 30.3 Å². The number of imidazole rings is 1. The van der Waals surface area contributed by atoms with E-state index in [1.54, 1.807) is 0 Å². The number of halogens is 3. The number of benzene rings is 2. The third kappa shape index (κ3) is 8.31. The van der Waals surface area contributed by atoms with Crippen molar-refractivity contribution < 1.29 is 22.6 Å². The van der Waals surface area contributed by atoms with Crippen LogP contribution in [-0.4, -0.2) is 51.4 Å². The van der Waals surface area contributed by atoms with Crippen LogP contribution in [0.25, 0.3) is 11.1 Å². The molecule has 0 fully saturated rings. The lowest BCUT2D eigenvalue weighted by Crippen LogP contribution is -2.23. The summed E-state index contributed by atoms with van der Waals surface area (Å²) in [5.74, 6) is -2.97. The lowest BCUT2D eigenvalue weighted by molar-refractivity contribution is 0.0862. The maximum atomic E-state index is 16.1. The van der Waals surface area contributed by atoms with Gasteiger partial charge in [-0.25, -0.2) is 18.2 Å². The predicted octanol–water partition coefficient (Wildman–Crippen LogP) is 6.87. The van der Waals surface area contributed by atoms with Crippen molar-refractivity contribution in [1.29, 1.82) is 10.7 Å². The van der Waals surface area contributed by atoms with Crippen LogP contribution in [0.4, 0.5) is 24.5 Å². The number of anilines is 2. The molecule has 0 amide bonds. The molecule has 0 aliphatic rings. The third-order valence-electron chi connectivity index (χ3n) is 6.56. The van der Waals surface area contributed by atoms with Crippen LogP contribution in [0.3, 0.4) is 0 Å². The molecule has 0 atom stereocenters. The predicted molar refractivity (Wildman–Crippen MR) is 166 cm³/mol. The van der Waals surface area contributed by atoms with Crippen molar-refractivity contribution >= 4 is 33.2 Å². The van der Waals surface area contributed by atoms with Gasteiger partial charge in [0.25, 0.3) is 0 Å². The average Bonchev–Trinajstić information content (AvgIpc) is 3.31.